The van der Waals surface area contributed by atoms with Gasteiger partial charge in [-0.2, -0.15) is 0 Å². The van der Waals surface area contributed by atoms with Gasteiger partial charge >= 0.3 is 5.97 Å². The molecule has 0 bridgehead atoms. The van der Waals surface area contributed by atoms with Crippen molar-refractivity contribution in [1.82, 2.24) is 0 Å². The first-order valence-corrected chi connectivity index (χ1v) is 7.99. The van der Waals surface area contributed by atoms with Gasteiger partial charge in [0.2, 0.25) is 11.8 Å². The molecule has 0 atom stereocenters. The lowest BCUT2D eigenvalue weighted by Gasteiger charge is -2.14. The number of aromatic carboxylic acids is 1. The zero-order valence-corrected chi connectivity index (χ0v) is 15.2. The summed E-state index contributed by atoms with van der Waals surface area (Å²) in [5, 5.41) is 14.6. The SMILES string of the molecule is COc1cc(NC(=O)Cc2ccc(NC(C)=O)cc2)c(C(=O)O)cc1OC. The molecule has 0 aliphatic heterocycles. The molecule has 0 saturated carbocycles. The van der Waals surface area contributed by atoms with Crippen LogP contribution in [0.3, 0.4) is 0 Å². The van der Waals surface area contributed by atoms with Gasteiger partial charge in [0, 0.05) is 24.7 Å². The second-order valence-corrected chi connectivity index (χ2v) is 5.66. The van der Waals surface area contributed by atoms with E-state index < -0.39 is 11.9 Å². The van der Waals surface area contributed by atoms with Gasteiger partial charge in [-0.05, 0) is 17.7 Å². The molecule has 0 aliphatic carbocycles. The Morgan fingerprint density at radius 2 is 1.56 bits per heavy atom. The van der Waals surface area contributed by atoms with Gasteiger partial charge in [-0.1, -0.05) is 12.1 Å². The molecule has 0 aliphatic rings. The van der Waals surface area contributed by atoms with E-state index in [4.69, 9.17) is 9.47 Å². The quantitative estimate of drug-likeness (QED) is 0.688. The molecular weight excluding hydrogens is 352 g/mol. The van der Waals surface area contributed by atoms with E-state index in [-0.39, 0.29) is 29.3 Å². The molecule has 2 amide bonds. The molecule has 2 aromatic carbocycles. The molecule has 8 heteroatoms. The van der Waals surface area contributed by atoms with Gasteiger partial charge in [0.05, 0.1) is 31.9 Å². The summed E-state index contributed by atoms with van der Waals surface area (Å²) in [5.41, 5.74) is 1.33. The van der Waals surface area contributed by atoms with Crippen LogP contribution in [0.2, 0.25) is 0 Å². The maximum atomic E-state index is 12.3. The minimum absolute atomic E-state index is 0.0355. The van der Waals surface area contributed by atoms with Crippen molar-refractivity contribution >= 4 is 29.2 Å². The Morgan fingerprint density at radius 3 is 2.07 bits per heavy atom. The van der Waals surface area contributed by atoms with Crippen LogP contribution < -0.4 is 20.1 Å². The van der Waals surface area contributed by atoms with Crippen LogP contribution in [-0.4, -0.2) is 37.1 Å². The van der Waals surface area contributed by atoms with Gasteiger partial charge < -0.3 is 25.2 Å². The highest BCUT2D eigenvalue weighted by Crippen LogP contribution is 2.33. The van der Waals surface area contributed by atoms with Gasteiger partial charge in [-0.3, -0.25) is 9.59 Å². The van der Waals surface area contributed by atoms with Gasteiger partial charge in [0.25, 0.3) is 0 Å². The molecule has 142 valence electrons. The van der Waals surface area contributed by atoms with Crippen molar-refractivity contribution in [2.24, 2.45) is 0 Å². The summed E-state index contributed by atoms with van der Waals surface area (Å²) >= 11 is 0. The number of methoxy groups -OCH3 is 2. The number of hydrogen-bond acceptors (Lipinski definition) is 5. The summed E-state index contributed by atoms with van der Waals surface area (Å²) in [6.07, 6.45) is 0.0355. The normalized spacial score (nSPS) is 10.0. The fourth-order valence-corrected chi connectivity index (χ4v) is 2.45. The molecule has 0 aromatic heterocycles. The Balaban J connectivity index is 2.17. The van der Waals surface area contributed by atoms with Crippen LogP contribution in [0.15, 0.2) is 36.4 Å². The monoisotopic (exact) mass is 372 g/mol. The van der Waals surface area contributed by atoms with Gasteiger partial charge in [0.15, 0.2) is 11.5 Å². The molecule has 0 saturated heterocycles. The van der Waals surface area contributed by atoms with E-state index >= 15 is 0 Å². The molecule has 0 spiro atoms. The summed E-state index contributed by atoms with van der Waals surface area (Å²) in [6.45, 7) is 1.41. The highest BCUT2D eigenvalue weighted by atomic mass is 16.5. The fraction of sp³-hybridized carbons (Fsp3) is 0.211. The molecule has 3 N–H and O–H groups in total. The maximum absolute atomic E-state index is 12.3. The first kappa shape index (κ1) is 19.8. The van der Waals surface area contributed by atoms with Crippen molar-refractivity contribution in [3.05, 3.63) is 47.5 Å². The third kappa shape index (κ3) is 5.21. The van der Waals surface area contributed by atoms with Crippen LogP contribution in [0, 0.1) is 0 Å². The van der Waals surface area contributed by atoms with E-state index in [0.29, 0.717) is 17.0 Å². The average molecular weight is 372 g/mol. The van der Waals surface area contributed by atoms with Gasteiger partial charge in [-0.25, -0.2) is 4.79 Å². The predicted octanol–water partition coefficient (Wildman–Crippen LogP) is 2.54. The molecule has 0 fully saturated rings. The fourth-order valence-electron chi connectivity index (χ4n) is 2.45. The number of carbonyl (C=O) groups excluding carboxylic acids is 2. The molecule has 2 rings (SSSR count). The average Bonchev–Trinajstić information content (AvgIpc) is 2.62. The van der Waals surface area contributed by atoms with Crippen LogP contribution in [0.25, 0.3) is 0 Å². The summed E-state index contributed by atoms with van der Waals surface area (Å²) in [6, 6.07) is 9.47. The minimum atomic E-state index is -1.20. The zero-order valence-electron chi connectivity index (χ0n) is 15.2. The number of carboxylic acids is 1. The molecule has 0 unspecified atom stereocenters. The smallest absolute Gasteiger partial charge is 0.337 e. The van der Waals surface area contributed by atoms with Crippen LogP contribution in [0.5, 0.6) is 11.5 Å². The molecule has 0 heterocycles. The summed E-state index contributed by atoms with van der Waals surface area (Å²) in [7, 11) is 2.81. The highest BCUT2D eigenvalue weighted by molar-refractivity contribution is 6.02. The third-order valence-corrected chi connectivity index (χ3v) is 3.67. The number of ether oxygens (including phenoxy) is 2. The van der Waals surface area contributed by atoms with E-state index in [1.165, 1.54) is 33.3 Å². The number of amides is 2. The van der Waals surface area contributed by atoms with Crippen LogP contribution >= 0.6 is 0 Å². The van der Waals surface area contributed by atoms with Crippen LogP contribution in [-0.2, 0) is 16.0 Å². The first-order chi connectivity index (χ1) is 12.8. The molecule has 0 radical (unpaired) electrons. The Kier molecular flexibility index (Phi) is 6.37. The van der Waals surface area contributed by atoms with Gasteiger partial charge in [-0.15, -0.1) is 0 Å². The van der Waals surface area contributed by atoms with E-state index in [0.717, 1.165) is 0 Å². The summed E-state index contributed by atoms with van der Waals surface area (Å²) in [4.78, 5) is 34.8. The Hall–Kier alpha value is -3.55. The molecule has 2 aromatic rings. The van der Waals surface area contributed by atoms with Crippen molar-refractivity contribution in [3.8, 4) is 11.5 Å². The number of rotatable bonds is 7. The van der Waals surface area contributed by atoms with E-state index in [1.54, 1.807) is 24.3 Å². The molecule has 8 nitrogen and oxygen atoms in total. The lowest BCUT2D eigenvalue weighted by Crippen LogP contribution is -2.17. The van der Waals surface area contributed by atoms with Crippen molar-refractivity contribution in [2.45, 2.75) is 13.3 Å². The Labute approximate surface area is 156 Å². The van der Waals surface area contributed by atoms with E-state index in [2.05, 4.69) is 10.6 Å². The number of carbonyl (C=O) groups is 3. The van der Waals surface area contributed by atoms with Crippen LogP contribution in [0.4, 0.5) is 11.4 Å². The van der Waals surface area contributed by atoms with Crippen molar-refractivity contribution < 1.29 is 29.0 Å². The minimum Gasteiger partial charge on any atom is -0.493 e. The lowest BCUT2D eigenvalue weighted by molar-refractivity contribution is -0.116. The summed E-state index contributed by atoms with van der Waals surface area (Å²) < 4.78 is 10.2. The third-order valence-electron chi connectivity index (χ3n) is 3.67. The van der Waals surface area contributed by atoms with Crippen molar-refractivity contribution in [1.29, 1.82) is 0 Å². The molecule has 27 heavy (non-hydrogen) atoms. The van der Waals surface area contributed by atoms with E-state index in [9.17, 15) is 19.5 Å². The number of nitrogens with one attached hydrogen (secondary N) is 2. The molecular formula is C19H20N2O6. The van der Waals surface area contributed by atoms with E-state index in [1.807, 2.05) is 0 Å². The topological polar surface area (TPSA) is 114 Å². The maximum Gasteiger partial charge on any atom is 0.337 e. The lowest BCUT2D eigenvalue weighted by atomic mass is 10.1. The van der Waals surface area contributed by atoms with Gasteiger partial charge in [0.1, 0.15) is 0 Å². The predicted molar refractivity (Wildman–Crippen MR) is 99.6 cm³/mol. The first-order valence-electron chi connectivity index (χ1n) is 7.99. The van der Waals surface area contributed by atoms with Crippen molar-refractivity contribution in [3.63, 3.8) is 0 Å². The second kappa shape index (κ2) is 8.70. The number of benzene rings is 2. The van der Waals surface area contributed by atoms with Crippen molar-refractivity contribution in [2.75, 3.05) is 24.9 Å². The standard InChI is InChI=1S/C19H20N2O6/c1-11(22)20-13-6-4-12(5-7-13)8-18(23)21-15-10-17(27-3)16(26-2)9-14(15)19(24)25/h4-7,9-10H,8H2,1-3H3,(H,20,22)(H,21,23)(H,24,25). The zero-order chi connectivity index (χ0) is 20.0. The Morgan fingerprint density at radius 1 is 0.963 bits per heavy atom. The number of carboxylic acid groups (broad SMARTS) is 1. The second-order valence-electron chi connectivity index (χ2n) is 5.66. The number of anilines is 2. The highest BCUT2D eigenvalue weighted by Gasteiger charge is 2.18. The largest absolute Gasteiger partial charge is 0.493 e. The Bertz CT molecular complexity index is 861. The number of hydrogen-bond donors (Lipinski definition) is 3. The summed E-state index contributed by atoms with van der Waals surface area (Å²) in [5.74, 6) is -1.23. The van der Waals surface area contributed by atoms with Crippen LogP contribution in [0.1, 0.15) is 22.8 Å².